The van der Waals surface area contributed by atoms with Gasteiger partial charge in [-0.05, 0) is 50.4 Å². The van der Waals surface area contributed by atoms with E-state index in [0.717, 1.165) is 30.8 Å². The third kappa shape index (κ3) is 6.76. The minimum absolute atomic E-state index is 0. The lowest BCUT2D eigenvalue weighted by atomic mass is 10.0. The molecule has 2 rings (SSSR count). The highest BCUT2D eigenvalue weighted by molar-refractivity contribution is 7.91. The molecule has 23 heavy (non-hydrogen) atoms. The van der Waals surface area contributed by atoms with Crippen LogP contribution in [0.3, 0.4) is 0 Å². The SMILES string of the molecule is CC(=O)NCCc1ccc(S(=O)(=O)NCC2CCCNC2)s1.Cl. The highest BCUT2D eigenvalue weighted by Crippen LogP contribution is 2.22. The molecule has 9 heteroatoms. The summed E-state index contributed by atoms with van der Waals surface area (Å²) in [6.07, 6.45) is 2.80. The lowest BCUT2D eigenvalue weighted by Crippen LogP contribution is -2.37. The summed E-state index contributed by atoms with van der Waals surface area (Å²) >= 11 is 1.26. The largest absolute Gasteiger partial charge is 0.356 e. The van der Waals surface area contributed by atoms with E-state index in [1.165, 1.54) is 18.3 Å². The van der Waals surface area contributed by atoms with Gasteiger partial charge in [0.1, 0.15) is 4.21 Å². The second kappa shape index (κ2) is 9.58. The summed E-state index contributed by atoms with van der Waals surface area (Å²) in [4.78, 5) is 11.8. The van der Waals surface area contributed by atoms with E-state index in [1.807, 2.05) is 6.07 Å². The molecule has 1 aromatic rings. The van der Waals surface area contributed by atoms with Gasteiger partial charge in [0.15, 0.2) is 0 Å². The summed E-state index contributed by atoms with van der Waals surface area (Å²) < 4.78 is 27.6. The van der Waals surface area contributed by atoms with Crippen molar-refractivity contribution in [3.63, 3.8) is 0 Å². The fraction of sp³-hybridized carbons (Fsp3) is 0.643. The minimum atomic E-state index is -3.43. The Bertz CT molecular complexity index is 598. The normalized spacial score (nSPS) is 18.2. The summed E-state index contributed by atoms with van der Waals surface area (Å²) in [6, 6.07) is 3.44. The first-order valence-electron chi connectivity index (χ1n) is 7.51. The number of hydrogen-bond acceptors (Lipinski definition) is 5. The monoisotopic (exact) mass is 381 g/mol. The number of piperidine rings is 1. The van der Waals surface area contributed by atoms with Crippen LogP contribution in [0, 0.1) is 5.92 Å². The molecule has 0 bridgehead atoms. The van der Waals surface area contributed by atoms with Crippen LogP contribution >= 0.6 is 23.7 Å². The fourth-order valence-electron chi connectivity index (χ4n) is 2.40. The summed E-state index contributed by atoms with van der Waals surface area (Å²) in [7, 11) is -3.43. The second-order valence-electron chi connectivity index (χ2n) is 5.52. The van der Waals surface area contributed by atoms with Crippen molar-refractivity contribution in [1.29, 1.82) is 0 Å². The molecule has 1 saturated heterocycles. The Morgan fingerprint density at radius 2 is 2.22 bits per heavy atom. The summed E-state index contributed by atoms with van der Waals surface area (Å²) in [6.45, 7) is 4.36. The first-order chi connectivity index (χ1) is 10.5. The first-order valence-corrected chi connectivity index (χ1v) is 9.81. The molecular formula is C14H24ClN3O3S2. The van der Waals surface area contributed by atoms with Crippen molar-refractivity contribution in [3.8, 4) is 0 Å². The predicted molar refractivity (Wildman–Crippen MR) is 94.7 cm³/mol. The van der Waals surface area contributed by atoms with Gasteiger partial charge in [0.05, 0.1) is 0 Å². The van der Waals surface area contributed by atoms with Crippen LogP contribution in [0.5, 0.6) is 0 Å². The molecule has 0 radical (unpaired) electrons. The quantitative estimate of drug-likeness (QED) is 0.660. The third-order valence-electron chi connectivity index (χ3n) is 3.61. The van der Waals surface area contributed by atoms with Crippen molar-refractivity contribution >= 4 is 39.7 Å². The van der Waals surface area contributed by atoms with Gasteiger partial charge in [0, 0.05) is 24.9 Å². The van der Waals surface area contributed by atoms with Crippen molar-refractivity contribution in [3.05, 3.63) is 17.0 Å². The maximum Gasteiger partial charge on any atom is 0.250 e. The van der Waals surface area contributed by atoms with E-state index < -0.39 is 10.0 Å². The fourth-order valence-corrected chi connectivity index (χ4v) is 4.91. The standard InChI is InChI=1S/C14H23N3O3S2.ClH/c1-11(18)16-8-6-13-4-5-14(21-13)22(19,20)17-10-12-3-2-7-15-9-12;/h4-5,12,15,17H,2-3,6-10H2,1H3,(H,16,18);1H. The van der Waals surface area contributed by atoms with Crippen LogP contribution in [-0.2, 0) is 21.2 Å². The van der Waals surface area contributed by atoms with Gasteiger partial charge in [-0.25, -0.2) is 13.1 Å². The average molecular weight is 382 g/mol. The van der Waals surface area contributed by atoms with Gasteiger partial charge in [0.25, 0.3) is 0 Å². The summed E-state index contributed by atoms with van der Waals surface area (Å²) in [5.41, 5.74) is 0. The molecule has 0 aliphatic carbocycles. The minimum Gasteiger partial charge on any atom is -0.356 e. The maximum atomic E-state index is 12.3. The van der Waals surface area contributed by atoms with Crippen LogP contribution in [0.15, 0.2) is 16.3 Å². The van der Waals surface area contributed by atoms with Gasteiger partial charge < -0.3 is 10.6 Å². The van der Waals surface area contributed by atoms with Crippen molar-refractivity contribution in [2.24, 2.45) is 5.92 Å². The van der Waals surface area contributed by atoms with Gasteiger partial charge in [0.2, 0.25) is 15.9 Å². The van der Waals surface area contributed by atoms with Crippen LogP contribution in [-0.4, -0.2) is 40.5 Å². The molecule has 1 fully saturated rings. The van der Waals surface area contributed by atoms with Gasteiger partial charge >= 0.3 is 0 Å². The Balaban J connectivity index is 0.00000264. The summed E-state index contributed by atoms with van der Waals surface area (Å²) in [5.74, 6) is 0.287. The molecule has 2 heterocycles. The van der Waals surface area contributed by atoms with Gasteiger partial charge in [-0.3, -0.25) is 4.79 Å². The number of hydrogen-bond donors (Lipinski definition) is 3. The van der Waals surface area contributed by atoms with E-state index in [2.05, 4.69) is 15.4 Å². The number of carbonyl (C=O) groups excluding carboxylic acids is 1. The lowest BCUT2D eigenvalue weighted by molar-refractivity contribution is -0.118. The highest BCUT2D eigenvalue weighted by atomic mass is 35.5. The van der Waals surface area contributed by atoms with Crippen LogP contribution in [0.25, 0.3) is 0 Å². The second-order valence-corrected chi connectivity index (χ2v) is 8.68. The molecule has 0 aromatic carbocycles. The Kier molecular flexibility index (Phi) is 8.49. The Morgan fingerprint density at radius 1 is 1.43 bits per heavy atom. The smallest absolute Gasteiger partial charge is 0.250 e. The van der Waals surface area contributed by atoms with Gasteiger partial charge in [-0.2, -0.15) is 0 Å². The van der Waals surface area contributed by atoms with Crippen LogP contribution < -0.4 is 15.4 Å². The zero-order valence-electron chi connectivity index (χ0n) is 13.1. The molecule has 132 valence electrons. The molecule has 0 spiro atoms. The van der Waals surface area contributed by atoms with Crippen LogP contribution in [0.2, 0.25) is 0 Å². The number of nitrogens with one attached hydrogen (secondary N) is 3. The molecule has 1 atom stereocenters. The molecule has 3 N–H and O–H groups in total. The molecule has 1 aliphatic rings. The zero-order chi connectivity index (χ0) is 16.0. The molecule has 1 unspecified atom stereocenters. The predicted octanol–water partition coefficient (Wildman–Crippen LogP) is 1.13. The van der Waals surface area contributed by atoms with Crippen LogP contribution in [0.4, 0.5) is 0 Å². The highest BCUT2D eigenvalue weighted by Gasteiger charge is 2.20. The Hall–Kier alpha value is -0.670. The third-order valence-corrected chi connectivity index (χ3v) is 6.67. The lowest BCUT2D eigenvalue weighted by Gasteiger charge is -2.22. The van der Waals surface area contributed by atoms with E-state index in [-0.39, 0.29) is 18.3 Å². The molecule has 1 aliphatic heterocycles. The van der Waals surface area contributed by atoms with Crippen LogP contribution in [0.1, 0.15) is 24.6 Å². The number of thiophene rings is 1. The molecule has 0 saturated carbocycles. The van der Waals surface area contributed by atoms with Gasteiger partial charge in [-0.1, -0.05) is 0 Å². The zero-order valence-corrected chi connectivity index (χ0v) is 15.6. The molecule has 6 nitrogen and oxygen atoms in total. The van der Waals surface area contributed by atoms with Gasteiger partial charge in [-0.15, -0.1) is 23.7 Å². The molecule has 1 aromatic heterocycles. The van der Waals surface area contributed by atoms with Crippen molar-refractivity contribution < 1.29 is 13.2 Å². The van der Waals surface area contributed by atoms with Crippen molar-refractivity contribution in [2.45, 2.75) is 30.4 Å². The number of rotatable bonds is 7. The van der Waals surface area contributed by atoms with Crippen molar-refractivity contribution in [1.82, 2.24) is 15.4 Å². The topological polar surface area (TPSA) is 87.3 Å². The Morgan fingerprint density at radius 3 is 2.87 bits per heavy atom. The first kappa shape index (κ1) is 20.4. The molecular weight excluding hydrogens is 358 g/mol. The average Bonchev–Trinajstić information content (AvgIpc) is 2.96. The van der Waals surface area contributed by atoms with E-state index in [9.17, 15) is 13.2 Å². The maximum absolute atomic E-state index is 12.3. The van der Waals surface area contributed by atoms with E-state index >= 15 is 0 Å². The Labute approximate surface area is 147 Å². The van der Waals surface area contributed by atoms with E-state index in [0.29, 0.717) is 29.6 Å². The number of sulfonamides is 1. The van der Waals surface area contributed by atoms with E-state index in [1.54, 1.807) is 6.07 Å². The number of amides is 1. The molecule has 1 amide bonds. The number of carbonyl (C=O) groups is 1. The summed E-state index contributed by atoms with van der Waals surface area (Å²) in [5, 5.41) is 5.99. The number of halogens is 1. The van der Waals surface area contributed by atoms with E-state index in [4.69, 9.17) is 0 Å². The van der Waals surface area contributed by atoms with Crippen molar-refractivity contribution in [2.75, 3.05) is 26.2 Å².